The molecule has 6 heteroatoms. The van der Waals surface area contributed by atoms with Crippen LogP contribution in [0.25, 0.3) is 11.0 Å². The van der Waals surface area contributed by atoms with Crippen molar-refractivity contribution in [1.29, 1.82) is 0 Å². The van der Waals surface area contributed by atoms with E-state index in [0.717, 1.165) is 16.2 Å². The first-order valence-electron chi connectivity index (χ1n) is 6.84. The highest BCUT2D eigenvalue weighted by atomic mass is 32.2. The largest absolute Gasteiger partial charge is 0.333 e. The van der Waals surface area contributed by atoms with Gasteiger partial charge in [-0.2, -0.15) is 0 Å². The third kappa shape index (κ3) is 3.46. The van der Waals surface area contributed by atoms with Crippen LogP contribution in [0.5, 0.6) is 0 Å². The number of carbonyl (C=O) groups excluding carboxylic acids is 1. The Hall–Kier alpha value is -2.34. The molecule has 0 aliphatic rings. The van der Waals surface area contributed by atoms with Crippen molar-refractivity contribution >= 4 is 34.4 Å². The highest BCUT2D eigenvalue weighted by Gasteiger charge is 2.08. The first-order valence-corrected chi connectivity index (χ1v) is 7.83. The third-order valence-corrected chi connectivity index (χ3v) is 3.96. The fourth-order valence-corrected chi connectivity index (χ4v) is 2.84. The molecular weight excluding hydrogens is 301 g/mol. The van der Waals surface area contributed by atoms with Gasteiger partial charge in [0, 0.05) is 12.2 Å². The summed E-state index contributed by atoms with van der Waals surface area (Å²) in [5, 5.41) is 3.34. The van der Waals surface area contributed by atoms with Crippen LogP contribution < -0.4 is 5.32 Å². The molecule has 0 unspecified atom stereocenters. The van der Waals surface area contributed by atoms with Crippen LogP contribution in [0.2, 0.25) is 0 Å². The van der Waals surface area contributed by atoms with Crippen molar-refractivity contribution in [3.05, 3.63) is 54.3 Å². The van der Waals surface area contributed by atoms with E-state index >= 15 is 0 Å². The number of fused-ring (bicyclic) bond motifs is 1. The summed E-state index contributed by atoms with van der Waals surface area (Å²) in [4.78, 5) is 19.4. The van der Waals surface area contributed by atoms with Gasteiger partial charge in [0.15, 0.2) is 5.16 Å². The number of thioether (sulfide) groups is 1. The average molecular weight is 315 g/mol. The number of H-pyrrole nitrogens is 1. The number of benzene rings is 2. The Kier molecular flexibility index (Phi) is 4.39. The summed E-state index contributed by atoms with van der Waals surface area (Å²) in [6.45, 7) is 0. The average Bonchev–Trinajstić information content (AvgIpc) is 2.92. The Morgan fingerprint density at radius 3 is 2.77 bits per heavy atom. The van der Waals surface area contributed by atoms with Crippen LogP contribution in [-0.2, 0) is 4.79 Å². The van der Waals surface area contributed by atoms with E-state index < -0.39 is 5.82 Å². The maximum Gasteiger partial charge on any atom is 0.225 e. The van der Waals surface area contributed by atoms with Gasteiger partial charge in [0.25, 0.3) is 0 Å². The smallest absolute Gasteiger partial charge is 0.225 e. The number of hydrogen-bond donors (Lipinski definition) is 2. The van der Waals surface area contributed by atoms with Crippen molar-refractivity contribution in [2.75, 3.05) is 11.1 Å². The number of para-hydroxylation sites is 3. The molecule has 1 amide bonds. The molecule has 0 radical (unpaired) electrons. The molecular formula is C16H14FN3OS. The van der Waals surface area contributed by atoms with E-state index in [0.29, 0.717) is 5.75 Å². The van der Waals surface area contributed by atoms with Gasteiger partial charge in [0.1, 0.15) is 5.82 Å². The molecule has 0 saturated carbocycles. The number of rotatable bonds is 5. The number of aromatic amines is 1. The summed E-state index contributed by atoms with van der Waals surface area (Å²) in [6.07, 6.45) is 0.288. The van der Waals surface area contributed by atoms with Crippen molar-refractivity contribution in [2.45, 2.75) is 11.6 Å². The number of aromatic nitrogens is 2. The predicted octanol–water partition coefficient (Wildman–Crippen LogP) is 3.82. The van der Waals surface area contributed by atoms with E-state index in [1.165, 1.54) is 17.8 Å². The van der Waals surface area contributed by atoms with Crippen molar-refractivity contribution in [1.82, 2.24) is 9.97 Å². The molecule has 4 nitrogen and oxygen atoms in total. The zero-order valence-corrected chi connectivity index (χ0v) is 12.5. The zero-order valence-electron chi connectivity index (χ0n) is 11.7. The van der Waals surface area contributed by atoms with E-state index in [9.17, 15) is 9.18 Å². The van der Waals surface area contributed by atoms with Crippen molar-refractivity contribution in [3.8, 4) is 0 Å². The molecule has 0 atom stereocenters. The standard InChI is InChI=1S/C16H14FN3OS/c17-11-5-1-2-6-12(11)18-15(21)9-10-22-16-19-13-7-3-4-8-14(13)20-16/h1-8H,9-10H2,(H,18,21)(H,19,20). The van der Waals surface area contributed by atoms with E-state index in [2.05, 4.69) is 15.3 Å². The SMILES string of the molecule is O=C(CCSc1nc2ccccc2[nH]1)Nc1ccccc1F. The Morgan fingerprint density at radius 2 is 1.95 bits per heavy atom. The van der Waals surface area contributed by atoms with Crippen molar-refractivity contribution < 1.29 is 9.18 Å². The molecule has 2 N–H and O–H groups in total. The van der Waals surface area contributed by atoms with Gasteiger partial charge in [-0.25, -0.2) is 9.37 Å². The van der Waals surface area contributed by atoms with E-state index in [1.807, 2.05) is 24.3 Å². The molecule has 0 bridgehead atoms. The topological polar surface area (TPSA) is 57.8 Å². The Balaban J connectivity index is 1.52. The van der Waals surface area contributed by atoms with Gasteiger partial charge < -0.3 is 10.3 Å². The van der Waals surface area contributed by atoms with E-state index in [4.69, 9.17) is 0 Å². The summed E-state index contributed by atoms with van der Waals surface area (Å²) in [5.74, 6) is -0.0744. The lowest BCUT2D eigenvalue weighted by atomic mass is 10.3. The highest BCUT2D eigenvalue weighted by Crippen LogP contribution is 2.20. The fourth-order valence-electron chi connectivity index (χ4n) is 2.01. The number of halogens is 1. The molecule has 22 heavy (non-hydrogen) atoms. The fraction of sp³-hybridized carbons (Fsp3) is 0.125. The van der Waals surface area contributed by atoms with Gasteiger partial charge in [0.2, 0.25) is 5.91 Å². The normalized spacial score (nSPS) is 10.8. The maximum absolute atomic E-state index is 13.4. The Labute approximate surface area is 131 Å². The molecule has 3 aromatic rings. The molecule has 1 aromatic heterocycles. The third-order valence-electron chi connectivity index (χ3n) is 3.08. The number of nitrogens with zero attached hydrogens (tertiary/aromatic N) is 1. The lowest BCUT2D eigenvalue weighted by molar-refractivity contribution is -0.115. The van der Waals surface area contributed by atoms with Crippen LogP contribution >= 0.6 is 11.8 Å². The van der Waals surface area contributed by atoms with E-state index in [-0.39, 0.29) is 18.0 Å². The number of imidazole rings is 1. The molecule has 112 valence electrons. The number of nitrogens with one attached hydrogen (secondary N) is 2. The lowest BCUT2D eigenvalue weighted by Crippen LogP contribution is -2.13. The predicted molar refractivity (Wildman–Crippen MR) is 86.5 cm³/mol. The summed E-state index contributed by atoms with van der Waals surface area (Å²) in [5.41, 5.74) is 2.09. The minimum absolute atomic E-state index is 0.209. The van der Waals surface area contributed by atoms with Gasteiger partial charge in [-0.05, 0) is 24.3 Å². The lowest BCUT2D eigenvalue weighted by Gasteiger charge is -2.05. The van der Waals surface area contributed by atoms with Crippen LogP contribution in [0.15, 0.2) is 53.7 Å². The van der Waals surface area contributed by atoms with Crippen LogP contribution in [0.1, 0.15) is 6.42 Å². The van der Waals surface area contributed by atoms with Gasteiger partial charge in [-0.15, -0.1) is 0 Å². The monoisotopic (exact) mass is 315 g/mol. The number of amides is 1. The molecule has 1 heterocycles. The van der Waals surface area contributed by atoms with Crippen LogP contribution in [0, 0.1) is 5.82 Å². The van der Waals surface area contributed by atoms with Crippen LogP contribution in [0.4, 0.5) is 10.1 Å². The molecule has 0 aliphatic carbocycles. The second kappa shape index (κ2) is 6.62. The van der Waals surface area contributed by atoms with E-state index in [1.54, 1.807) is 18.2 Å². The highest BCUT2D eigenvalue weighted by molar-refractivity contribution is 7.99. The first-order chi connectivity index (χ1) is 10.7. The van der Waals surface area contributed by atoms with Crippen molar-refractivity contribution in [2.24, 2.45) is 0 Å². The molecule has 3 rings (SSSR count). The quantitative estimate of drug-likeness (QED) is 0.704. The summed E-state index contributed by atoms with van der Waals surface area (Å²) < 4.78 is 13.4. The zero-order chi connectivity index (χ0) is 15.4. The Morgan fingerprint density at radius 1 is 1.18 bits per heavy atom. The molecule has 2 aromatic carbocycles. The number of hydrogen-bond acceptors (Lipinski definition) is 3. The Bertz CT molecular complexity index is 770. The number of carbonyl (C=O) groups is 1. The molecule has 0 saturated heterocycles. The van der Waals surface area contributed by atoms with Crippen molar-refractivity contribution in [3.63, 3.8) is 0 Å². The first kappa shape index (κ1) is 14.6. The van der Waals surface area contributed by atoms with Crippen LogP contribution in [-0.4, -0.2) is 21.6 Å². The van der Waals surface area contributed by atoms with Gasteiger partial charge >= 0.3 is 0 Å². The summed E-state index contributed by atoms with van der Waals surface area (Å²) in [7, 11) is 0. The van der Waals surface area contributed by atoms with Gasteiger partial charge in [-0.1, -0.05) is 36.0 Å². The second-order valence-corrected chi connectivity index (χ2v) is 5.77. The van der Waals surface area contributed by atoms with Gasteiger partial charge in [-0.3, -0.25) is 4.79 Å². The summed E-state index contributed by atoms with van der Waals surface area (Å²) >= 11 is 1.47. The molecule has 0 spiro atoms. The maximum atomic E-state index is 13.4. The molecule has 0 fully saturated rings. The summed E-state index contributed by atoms with van der Waals surface area (Å²) in [6, 6.07) is 13.9. The minimum Gasteiger partial charge on any atom is -0.333 e. The number of anilines is 1. The second-order valence-electron chi connectivity index (χ2n) is 4.69. The minimum atomic E-state index is -0.430. The molecule has 0 aliphatic heterocycles. The van der Waals surface area contributed by atoms with Crippen LogP contribution in [0.3, 0.4) is 0 Å². The van der Waals surface area contributed by atoms with Gasteiger partial charge in [0.05, 0.1) is 16.7 Å².